The molecule has 0 saturated carbocycles. The molecule has 0 aliphatic heterocycles. The van der Waals surface area contributed by atoms with Gasteiger partial charge in [-0.05, 0) is 36.8 Å². The van der Waals surface area contributed by atoms with E-state index >= 15 is 0 Å². The summed E-state index contributed by atoms with van der Waals surface area (Å²) in [7, 11) is 2.93. The summed E-state index contributed by atoms with van der Waals surface area (Å²) < 4.78 is 12.3. The second-order valence-electron chi connectivity index (χ2n) is 7.07. The molecule has 2 aromatic heterocycles. The molecule has 4 aromatic rings. The van der Waals surface area contributed by atoms with Crippen LogP contribution in [0.4, 0.5) is 0 Å². The smallest absolute Gasteiger partial charge is 0.311 e. The summed E-state index contributed by atoms with van der Waals surface area (Å²) in [6, 6.07) is 15.2. The minimum absolute atomic E-state index is 0.0750. The van der Waals surface area contributed by atoms with E-state index < -0.39 is 5.97 Å². The molecule has 32 heavy (non-hydrogen) atoms. The van der Waals surface area contributed by atoms with Crippen LogP contribution in [-0.2, 0) is 22.5 Å². The van der Waals surface area contributed by atoms with Gasteiger partial charge >= 0.3 is 5.97 Å². The maximum Gasteiger partial charge on any atom is 0.311 e. The van der Waals surface area contributed by atoms with Crippen LogP contribution in [0.3, 0.4) is 0 Å². The van der Waals surface area contributed by atoms with Crippen molar-refractivity contribution in [1.82, 2.24) is 14.8 Å². The molecular weight excluding hydrogens is 428 g/mol. The summed E-state index contributed by atoms with van der Waals surface area (Å²) in [5.41, 5.74) is 2.79. The fraction of sp³-hybridized carbons (Fsp3) is 0.217. The standard InChI is InChI=1S/C23H22N4O4S/c1-14(24-13-15-8-10-16(30-2)11-9-15)21-18(12-20(28)31-3)26-27(22(21)29)23-25-17-6-4-5-7-19(17)32-23/h4-11,26H,12-13H2,1-3H3. The number of hydrogen-bond donors (Lipinski definition) is 1. The maximum atomic E-state index is 13.3. The Morgan fingerprint density at radius 1 is 1.16 bits per heavy atom. The van der Waals surface area contributed by atoms with E-state index in [1.54, 1.807) is 14.0 Å². The Balaban J connectivity index is 1.73. The van der Waals surface area contributed by atoms with Crippen molar-refractivity contribution in [1.29, 1.82) is 0 Å². The van der Waals surface area contributed by atoms with Crippen molar-refractivity contribution in [2.75, 3.05) is 14.2 Å². The second-order valence-corrected chi connectivity index (χ2v) is 8.08. The van der Waals surface area contributed by atoms with Crippen LogP contribution in [0.5, 0.6) is 5.75 Å². The van der Waals surface area contributed by atoms with Crippen molar-refractivity contribution >= 4 is 33.2 Å². The normalized spacial score (nSPS) is 11.7. The van der Waals surface area contributed by atoms with Gasteiger partial charge in [-0.2, -0.15) is 4.68 Å². The molecule has 2 aromatic carbocycles. The SMILES string of the molecule is COC(=O)Cc1[nH]n(-c2nc3ccccc3s2)c(=O)c1C(C)=NCc1ccc(OC)cc1. The topological polar surface area (TPSA) is 98.6 Å². The van der Waals surface area contributed by atoms with Crippen LogP contribution in [0.1, 0.15) is 23.7 Å². The Morgan fingerprint density at radius 2 is 1.91 bits per heavy atom. The summed E-state index contributed by atoms with van der Waals surface area (Å²) >= 11 is 1.39. The number of aromatic amines is 1. The molecule has 0 aliphatic rings. The van der Waals surface area contributed by atoms with Gasteiger partial charge in [0.2, 0.25) is 5.13 Å². The van der Waals surface area contributed by atoms with E-state index in [1.165, 1.54) is 23.1 Å². The molecule has 0 amide bonds. The van der Waals surface area contributed by atoms with Crippen molar-refractivity contribution in [3.8, 4) is 10.9 Å². The minimum Gasteiger partial charge on any atom is -0.497 e. The maximum absolute atomic E-state index is 13.3. The number of rotatable bonds is 7. The molecule has 9 heteroatoms. The summed E-state index contributed by atoms with van der Waals surface area (Å²) in [5, 5.41) is 3.54. The van der Waals surface area contributed by atoms with Gasteiger partial charge in [-0.15, -0.1) is 0 Å². The van der Waals surface area contributed by atoms with E-state index in [0.29, 0.717) is 28.6 Å². The third-order valence-corrected chi connectivity index (χ3v) is 6.03. The third kappa shape index (κ3) is 4.33. The first-order valence-corrected chi connectivity index (χ1v) is 10.7. The van der Waals surface area contributed by atoms with Crippen molar-refractivity contribution in [3.05, 3.63) is 75.7 Å². The molecule has 0 saturated heterocycles. The van der Waals surface area contributed by atoms with E-state index in [0.717, 1.165) is 21.5 Å². The number of carbonyl (C=O) groups is 1. The lowest BCUT2D eigenvalue weighted by molar-refractivity contribution is -0.139. The zero-order chi connectivity index (χ0) is 22.7. The lowest BCUT2D eigenvalue weighted by Gasteiger charge is -2.03. The zero-order valence-corrected chi connectivity index (χ0v) is 18.7. The van der Waals surface area contributed by atoms with Crippen LogP contribution in [0.2, 0.25) is 0 Å². The first kappa shape index (κ1) is 21.5. The average Bonchev–Trinajstić information content (AvgIpc) is 3.38. The number of methoxy groups -OCH3 is 2. The van der Waals surface area contributed by atoms with Gasteiger partial charge in [0.25, 0.3) is 5.56 Å². The molecule has 1 N–H and O–H groups in total. The first-order valence-electron chi connectivity index (χ1n) is 9.91. The van der Waals surface area contributed by atoms with Gasteiger partial charge in [0.1, 0.15) is 5.75 Å². The van der Waals surface area contributed by atoms with Crippen LogP contribution in [-0.4, -0.2) is 40.7 Å². The van der Waals surface area contributed by atoms with Gasteiger partial charge in [-0.25, -0.2) is 4.98 Å². The zero-order valence-electron chi connectivity index (χ0n) is 17.9. The lowest BCUT2D eigenvalue weighted by atomic mass is 10.1. The quantitative estimate of drug-likeness (QED) is 0.343. The predicted molar refractivity (Wildman–Crippen MR) is 124 cm³/mol. The summed E-state index contributed by atoms with van der Waals surface area (Å²) in [6.45, 7) is 2.15. The number of nitrogens with zero attached hydrogens (tertiary/aromatic N) is 3. The summed E-state index contributed by atoms with van der Waals surface area (Å²) in [4.78, 5) is 34.4. The van der Waals surface area contributed by atoms with Crippen LogP contribution in [0, 0.1) is 0 Å². The highest BCUT2D eigenvalue weighted by Gasteiger charge is 2.21. The van der Waals surface area contributed by atoms with Crippen molar-refractivity contribution in [3.63, 3.8) is 0 Å². The number of para-hydroxylation sites is 1. The monoisotopic (exact) mass is 450 g/mol. The average molecular weight is 451 g/mol. The van der Waals surface area contributed by atoms with E-state index in [-0.39, 0.29) is 12.0 Å². The fourth-order valence-electron chi connectivity index (χ4n) is 3.31. The molecular formula is C23H22N4O4S. The van der Waals surface area contributed by atoms with Gasteiger partial charge in [-0.3, -0.25) is 19.7 Å². The molecule has 0 radical (unpaired) electrons. The molecule has 0 bridgehead atoms. The molecule has 164 valence electrons. The molecule has 0 unspecified atom stereocenters. The Bertz CT molecular complexity index is 1320. The molecule has 0 atom stereocenters. The van der Waals surface area contributed by atoms with Crippen LogP contribution in [0.15, 0.2) is 58.3 Å². The highest BCUT2D eigenvalue weighted by molar-refractivity contribution is 7.20. The molecule has 8 nitrogen and oxygen atoms in total. The van der Waals surface area contributed by atoms with E-state index in [4.69, 9.17) is 9.47 Å². The van der Waals surface area contributed by atoms with Crippen molar-refractivity contribution < 1.29 is 14.3 Å². The highest BCUT2D eigenvalue weighted by Crippen LogP contribution is 2.24. The van der Waals surface area contributed by atoms with E-state index in [2.05, 4.69) is 15.1 Å². The van der Waals surface area contributed by atoms with Gasteiger partial charge in [0.05, 0.1) is 48.7 Å². The van der Waals surface area contributed by atoms with Crippen LogP contribution >= 0.6 is 11.3 Å². The number of benzene rings is 2. The third-order valence-electron chi connectivity index (χ3n) is 5.01. The number of thiazole rings is 1. The van der Waals surface area contributed by atoms with Crippen LogP contribution < -0.4 is 10.3 Å². The first-order chi connectivity index (χ1) is 15.5. The lowest BCUT2D eigenvalue weighted by Crippen LogP contribution is -2.20. The van der Waals surface area contributed by atoms with Gasteiger partial charge in [0, 0.05) is 5.71 Å². The number of esters is 1. The minimum atomic E-state index is -0.452. The molecule has 0 fully saturated rings. The largest absolute Gasteiger partial charge is 0.497 e. The van der Waals surface area contributed by atoms with Gasteiger partial charge < -0.3 is 9.47 Å². The van der Waals surface area contributed by atoms with E-state index in [9.17, 15) is 9.59 Å². The Kier molecular flexibility index (Phi) is 6.18. The fourth-order valence-corrected chi connectivity index (χ4v) is 4.24. The Hall–Kier alpha value is -3.72. The molecule has 4 rings (SSSR count). The number of aliphatic imine (C=N–C) groups is 1. The van der Waals surface area contributed by atoms with Crippen molar-refractivity contribution in [2.24, 2.45) is 4.99 Å². The van der Waals surface area contributed by atoms with E-state index in [1.807, 2.05) is 48.5 Å². The molecule has 2 heterocycles. The highest BCUT2D eigenvalue weighted by atomic mass is 32.1. The van der Waals surface area contributed by atoms with Crippen molar-refractivity contribution in [2.45, 2.75) is 19.9 Å². The number of fused-ring (bicyclic) bond motifs is 1. The summed E-state index contributed by atoms with van der Waals surface area (Å²) in [5.74, 6) is 0.311. The number of aromatic nitrogens is 3. The number of nitrogens with one attached hydrogen (secondary N) is 1. The Labute approximate surface area is 188 Å². The van der Waals surface area contributed by atoms with Crippen LogP contribution in [0.25, 0.3) is 15.3 Å². The number of carbonyl (C=O) groups excluding carboxylic acids is 1. The second kappa shape index (κ2) is 9.19. The van der Waals surface area contributed by atoms with Gasteiger partial charge in [-0.1, -0.05) is 35.6 Å². The molecule has 0 spiro atoms. The number of ether oxygens (including phenoxy) is 2. The van der Waals surface area contributed by atoms with Gasteiger partial charge in [0.15, 0.2) is 0 Å². The Morgan fingerprint density at radius 3 is 2.59 bits per heavy atom. The summed E-state index contributed by atoms with van der Waals surface area (Å²) in [6.07, 6.45) is -0.0750. The number of H-pyrrole nitrogens is 1. The predicted octanol–water partition coefficient (Wildman–Crippen LogP) is 3.51. The molecule has 0 aliphatic carbocycles. The number of hydrogen-bond acceptors (Lipinski definition) is 7.